The summed E-state index contributed by atoms with van der Waals surface area (Å²) in [5, 5.41) is 1.78. The summed E-state index contributed by atoms with van der Waals surface area (Å²) >= 11 is 9.24. The molecule has 1 aromatic carbocycles. The Morgan fingerprint density at radius 2 is 1.75 bits per heavy atom. The van der Waals surface area contributed by atoms with E-state index in [4.69, 9.17) is 30.8 Å². The van der Waals surface area contributed by atoms with Crippen LogP contribution in [0.4, 0.5) is 0 Å². The number of rotatable bonds is 0. The van der Waals surface area contributed by atoms with E-state index in [0.29, 0.717) is 5.15 Å². The summed E-state index contributed by atoms with van der Waals surface area (Å²) in [5.41, 5.74) is 1.06. The lowest BCUT2D eigenvalue weighted by Gasteiger charge is -1.85. The molecule has 0 aliphatic carbocycles. The molecule has 5 nitrogen and oxygen atoms in total. The Morgan fingerprint density at radius 1 is 1.25 bits per heavy atom. The van der Waals surface area contributed by atoms with Gasteiger partial charge in [0, 0.05) is 10.9 Å². The van der Waals surface area contributed by atoms with Gasteiger partial charge in [-0.1, -0.05) is 29.8 Å². The average molecular weight is 328 g/mol. The number of aromatic nitrogens is 1. The number of nitrogens with one attached hydrogen (secondary N) is 1. The molecule has 2 rings (SSSR count). The van der Waals surface area contributed by atoms with Gasteiger partial charge in [0.2, 0.25) is 0 Å². The maximum atomic E-state index is 8.88. The number of para-hydroxylation sites is 1. The number of hydrogen-bond donors (Lipinski definition) is 4. The van der Waals surface area contributed by atoms with Gasteiger partial charge in [-0.3, -0.25) is 0 Å². The van der Waals surface area contributed by atoms with Gasteiger partial charge in [-0.25, -0.2) is 4.57 Å². The van der Waals surface area contributed by atoms with Crippen LogP contribution in [-0.2, 0) is 4.57 Å². The molecule has 2 aromatic rings. The largest absolute Gasteiger partial charge is 0.466 e. The molecule has 0 saturated heterocycles. The molecule has 4 N–H and O–H groups in total. The maximum Gasteiger partial charge on any atom is 0.466 e. The summed E-state index contributed by atoms with van der Waals surface area (Å²) in [6.45, 7) is 0. The van der Waals surface area contributed by atoms with Gasteiger partial charge in [0.1, 0.15) is 5.15 Å². The number of halogens is 2. The zero-order valence-electron chi connectivity index (χ0n) is 7.76. The molecule has 1 aromatic heterocycles. The molecule has 0 bridgehead atoms. The van der Waals surface area contributed by atoms with Crippen molar-refractivity contribution in [1.29, 1.82) is 0 Å². The summed E-state index contributed by atoms with van der Waals surface area (Å²) in [5.74, 6) is 0. The molecule has 0 aliphatic heterocycles. The van der Waals surface area contributed by atoms with Crippen LogP contribution in [0.5, 0.6) is 0 Å². The van der Waals surface area contributed by atoms with Crippen molar-refractivity contribution < 1.29 is 19.2 Å². The number of phosphoric acid groups is 1. The van der Waals surface area contributed by atoms with E-state index in [0.717, 1.165) is 15.4 Å². The van der Waals surface area contributed by atoms with Gasteiger partial charge in [0.25, 0.3) is 0 Å². The average Bonchev–Trinajstić information content (AvgIpc) is 2.41. The number of hydrogen-bond acceptors (Lipinski definition) is 1. The van der Waals surface area contributed by atoms with Gasteiger partial charge in [-0.05, 0) is 22.0 Å². The van der Waals surface area contributed by atoms with Crippen LogP contribution >= 0.6 is 35.4 Å². The molecular weight excluding hydrogens is 320 g/mol. The SMILES string of the molecule is Clc1[nH]c2ccccc2c1Br.O=P(O)(O)O. The summed E-state index contributed by atoms with van der Waals surface area (Å²) in [6.07, 6.45) is 0. The fourth-order valence-corrected chi connectivity index (χ4v) is 1.72. The first-order chi connectivity index (χ1) is 7.29. The minimum Gasteiger partial charge on any atom is -0.345 e. The second kappa shape index (κ2) is 5.31. The number of benzene rings is 1. The minimum atomic E-state index is -4.64. The zero-order chi connectivity index (χ0) is 12.3. The molecule has 0 amide bonds. The van der Waals surface area contributed by atoms with E-state index >= 15 is 0 Å². The predicted molar refractivity (Wildman–Crippen MR) is 65.3 cm³/mol. The highest BCUT2D eigenvalue weighted by molar-refractivity contribution is 9.10. The highest BCUT2D eigenvalue weighted by Crippen LogP contribution is 2.30. The van der Waals surface area contributed by atoms with Crippen molar-refractivity contribution in [3.05, 3.63) is 33.9 Å². The Labute approximate surface area is 104 Å². The fourth-order valence-electron chi connectivity index (χ4n) is 1.07. The molecule has 0 radical (unpaired) electrons. The van der Waals surface area contributed by atoms with Gasteiger partial charge in [0.15, 0.2) is 0 Å². The standard InChI is InChI=1S/C8H5BrClN.H3O4P/c9-7-5-3-1-2-4-6(5)11-8(7)10;1-5(2,3)4/h1-4,11H;(H3,1,2,3,4). The number of fused-ring (bicyclic) bond motifs is 1. The van der Waals surface area contributed by atoms with Crippen LogP contribution in [-0.4, -0.2) is 19.7 Å². The fraction of sp³-hybridized carbons (Fsp3) is 0. The van der Waals surface area contributed by atoms with E-state index in [2.05, 4.69) is 20.9 Å². The van der Waals surface area contributed by atoms with Gasteiger partial charge in [-0.15, -0.1) is 0 Å². The minimum absolute atomic E-state index is 0.659. The molecule has 8 heteroatoms. The Bertz CT molecular complexity index is 530. The highest BCUT2D eigenvalue weighted by atomic mass is 79.9. The van der Waals surface area contributed by atoms with Crippen molar-refractivity contribution in [2.75, 3.05) is 0 Å². The molecule has 16 heavy (non-hydrogen) atoms. The van der Waals surface area contributed by atoms with Crippen LogP contribution in [0.15, 0.2) is 28.7 Å². The molecule has 0 atom stereocenters. The first kappa shape index (κ1) is 13.7. The van der Waals surface area contributed by atoms with E-state index < -0.39 is 7.82 Å². The van der Waals surface area contributed by atoms with Crippen molar-refractivity contribution in [2.45, 2.75) is 0 Å². The van der Waals surface area contributed by atoms with Crippen molar-refractivity contribution >= 4 is 46.3 Å². The predicted octanol–water partition coefficient (Wildman–Crippen LogP) is 2.66. The Balaban J connectivity index is 0.000000221. The van der Waals surface area contributed by atoms with Gasteiger partial charge < -0.3 is 19.7 Å². The monoisotopic (exact) mass is 327 g/mol. The van der Waals surface area contributed by atoms with E-state index in [1.165, 1.54) is 0 Å². The van der Waals surface area contributed by atoms with Crippen molar-refractivity contribution in [3.8, 4) is 0 Å². The van der Waals surface area contributed by atoms with E-state index in [1.54, 1.807) is 0 Å². The Hall–Kier alpha value is -0.360. The number of H-pyrrole nitrogens is 1. The second-order valence-corrected chi connectivity index (χ2v) is 5.01. The molecule has 0 aliphatic rings. The number of aromatic amines is 1. The van der Waals surface area contributed by atoms with Crippen molar-refractivity contribution in [2.24, 2.45) is 0 Å². The molecule has 1 heterocycles. The van der Waals surface area contributed by atoms with Crippen LogP contribution in [0.1, 0.15) is 0 Å². The molecule has 0 unspecified atom stereocenters. The van der Waals surface area contributed by atoms with Crippen LogP contribution in [0.2, 0.25) is 5.15 Å². The lowest BCUT2D eigenvalue weighted by molar-refractivity contribution is 0.275. The van der Waals surface area contributed by atoms with Gasteiger partial charge >= 0.3 is 7.82 Å². The zero-order valence-corrected chi connectivity index (χ0v) is 11.0. The van der Waals surface area contributed by atoms with E-state index in [9.17, 15) is 0 Å². The Kier molecular flexibility index (Phi) is 4.55. The summed E-state index contributed by atoms with van der Waals surface area (Å²) in [7, 11) is -4.64. The normalized spacial score (nSPS) is 11.1. The first-order valence-electron chi connectivity index (χ1n) is 3.99. The third-order valence-corrected chi connectivity index (χ3v) is 2.94. The molecule has 0 fully saturated rings. The lowest BCUT2D eigenvalue weighted by Crippen LogP contribution is -1.66. The lowest BCUT2D eigenvalue weighted by atomic mass is 10.3. The smallest absolute Gasteiger partial charge is 0.345 e. The van der Waals surface area contributed by atoms with Gasteiger partial charge in [0.05, 0.1) is 4.47 Å². The van der Waals surface area contributed by atoms with Crippen LogP contribution < -0.4 is 0 Å². The van der Waals surface area contributed by atoms with E-state index in [1.807, 2.05) is 24.3 Å². The molecule has 0 spiro atoms. The molecule has 0 saturated carbocycles. The summed E-state index contributed by atoms with van der Waals surface area (Å²) in [4.78, 5) is 24.6. The maximum absolute atomic E-state index is 8.88. The van der Waals surface area contributed by atoms with Gasteiger partial charge in [-0.2, -0.15) is 0 Å². The first-order valence-corrected chi connectivity index (χ1v) is 6.72. The third-order valence-electron chi connectivity index (χ3n) is 1.60. The second-order valence-electron chi connectivity index (χ2n) is 2.81. The Morgan fingerprint density at radius 3 is 2.25 bits per heavy atom. The van der Waals surface area contributed by atoms with Crippen molar-refractivity contribution in [3.63, 3.8) is 0 Å². The molecular formula is C8H8BrClNO4P. The summed E-state index contributed by atoms with van der Waals surface area (Å²) < 4.78 is 9.82. The summed E-state index contributed by atoms with van der Waals surface area (Å²) in [6, 6.07) is 7.96. The van der Waals surface area contributed by atoms with Crippen LogP contribution in [0.3, 0.4) is 0 Å². The third kappa shape index (κ3) is 4.25. The quantitative estimate of drug-likeness (QED) is 0.559. The van der Waals surface area contributed by atoms with Crippen LogP contribution in [0.25, 0.3) is 10.9 Å². The van der Waals surface area contributed by atoms with E-state index in [-0.39, 0.29) is 0 Å². The topological polar surface area (TPSA) is 93.6 Å². The van der Waals surface area contributed by atoms with Crippen LogP contribution in [0, 0.1) is 0 Å². The highest BCUT2D eigenvalue weighted by Gasteiger charge is 2.04. The molecule has 88 valence electrons. The van der Waals surface area contributed by atoms with Crippen molar-refractivity contribution in [1.82, 2.24) is 4.98 Å².